The number of hydrogen-bond donors (Lipinski definition) is 3. The van der Waals surface area contributed by atoms with Crippen LogP contribution in [-0.2, 0) is 12.8 Å². The summed E-state index contributed by atoms with van der Waals surface area (Å²) in [5, 5.41) is 2.05. The van der Waals surface area contributed by atoms with Crippen molar-refractivity contribution in [3.63, 3.8) is 0 Å². The Kier molecular flexibility index (Phi) is 4.58. The van der Waals surface area contributed by atoms with Gasteiger partial charge in [0.05, 0.1) is 5.69 Å². The first-order valence-electron chi connectivity index (χ1n) is 8.02. The van der Waals surface area contributed by atoms with E-state index in [0.717, 1.165) is 25.2 Å². The van der Waals surface area contributed by atoms with E-state index in [1.165, 1.54) is 43.2 Å². The minimum atomic E-state index is 0.181. The lowest BCUT2D eigenvalue weighted by molar-refractivity contribution is 0.294. The molecule has 1 aromatic rings. The van der Waals surface area contributed by atoms with Crippen LogP contribution >= 0.6 is 0 Å². The summed E-state index contributed by atoms with van der Waals surface area (Å²) in [7, 11) is 0. The second-order valence-corrected chi connectivity index (χ2v) is 5.93. The molecule has 0 unspecified atom stereocenters. The predicted octanol–water partition coefficient (Wildman–Crippen LogP) is 1.43. The molecular weight excluding hydrogens is 276 g/mol. The van der Waals surface area contributed by atoms with Gasteiger partial charge in [-0.05, 0) is 61.8 Å². The van der Waals surface area contributed by atoms with Gasteiger partial charge in [-0.1, -0.05) is 6.07 Å². The summed E-state index contributed by atoms with van der Waals surface area (Å²) in [4.78, 5) is 8.47. The van der Waals surface area contributed by atoms with E-state index in [4.69, 9.17) is 11.5 Å². The van der Waals surface area contributed by atoms with Crippen molar-refractivity contribution in [3.05, 3.63) is 29.3 Å². The fourth-order valence-corrected chi connectivity index (χ4v) is 3.09. The van der Waals surface area contributed by atoms with Crippen LogP contribution in [0.25, 0.3) is 0 Å². The maximum Gasteiger partial charge on any atom is 0.223 e. The topological polar surface area (TPSA) is 92.0 Å². The van der Waals surface area contributed by atoms with Crippen molar-refractivity contribution in [2.45, 2.75) is 38.5 Å². The molecule has 0 amide bonds. The van der Waals surface area contributed by atoms with Gasteiger partial charge in [0.1, 0.15) is 0 Å². The molecule has 1 heterocycles. The molecule has 1 aromatic carbocycles. The summed E-state index contributed by atoms with van der Waals surface area (Å²) in [6, 6.07) is 6.26. The van der Waals surface area contributed by atoms with Gasteiger partial charge in [-0.3, -0.25) is 5.43 Å². The van der Waals surface area contributed by atoms with Crippen LogP contribution in [0.4, 0.5) is 5.69 Å². The SMILES string of the molecule is NC(=Nc1ccc2c(c1)CCCC2)N=C(N)NN1CCCC1. The maximum atomic E-state index is 5.88. The fourth-order valence-electron chi connectivity index (χ4n) is 3.09. The molecule has 0 atom stereocenters. The molecule has 0 radical (unpaired) electrons. The summed E-state index contributed by atoms with van der Waals surface area (Å²) in [5.74, 6) is 0.473. The third-order valence-electron chi connectivity index (χ3n) is 4.19. The number of fused-ring (bicyclic) bond motifs is 1. The first-order chi connectivity index (χ1) is 10.7. The van der Waals surface area contributed by atoms with Crippen molar-refractivity contribution in [3.8, 4) is 0 Å². The Labute approximate surface area is 131 Å². The number of guanidine groups is 2. The number of nitrogens with two attached hydrogens (primary N) is 2. The summed E-state index contributed by atoms with van der Waals surface area (Å²) in [5.41, 5.74) is 18.4. The highest BCUT2D eigenvalue weighted by Gasteiger charge is 2.12. The average Bonchev–Trinajstić information content (AvgIpc) is 2.99. The molecule has 1 aliphatic carbocycles. The number of aryl methyl sites for hydroxylation is 2. The number of hydrazine groups is 1. The van der Waals surface area contributed by atoms with E-state index in [1.807, 2.05) is 11.1 Å². The molecule has 3 rings (SSSR count). The van der Waals surface area contributed by atoms with Gasteiger partial charge in [-0.25, -0.2) is 10.0 Å². The average molecular weight is 300 g/mol. The standard InChI is InChI=1S/C16H24N6/c17-15(20-16(18)21-22-9-3-4-10-22)19-14-8-7-12-5-1-2-6-13(12)11-14/h7-8,11H,1-6,9-10H2,(H5,17,18,19,20,21). The van der Waals surface area contributed by atoms with E-state index in [9.17, 15) is 0 Å². The highest BCUT2D eigenvalue weighted by molar-refractivity contribution is 5.94. The molecule has 5 N–H and O–H groups in total. The highest BCUT2D eigenvalue weighted by atomic mass is 15.5. The van der Waals surface area contributed by atoms with Crippen LogP contribution in [0.1, 0.15) is 36.8 Å². The van der Waals surface area contributed by atoms with Crippen molar-refractivity contribution in [1.82, 2.24) is 10.4 Å². The Bertz CT molecular complexity index is 586. The van der Waals surface area contributed by atoms with E-state index in [0.29, 0.717) is 5.96 Å². The fraction of sp³-hybridized carbons (Fsp3) is 0.500. The van der Waals surface area contributed by atoms with Gasteiger partial charge >= 0.3 is 0 Å². The van der Waals surface area contributed by atoms with Crippen molar-refractivity contribution >= 4 is 17.6 Å². The summed E-state index contributed by atoms with van der Waals surface area (Å²) in [6.45, 7) is 1.97. The van der Waals surface area contributed by atoms with Crippen molar-refractivity contribution in [2.24, 2.45) is 21.5 Å². The highest BCUT2D eigenvalue weighted by Crippen LogP contribution is 2.25. The van der Waals surface area contributed by atoms with Gasteiger partial charge in [0, 0.05) is 13.1 Å². The molecule has 1 fully saturated rings. The van der Waals surface area contributed by atoms with Gasteiger partial charge in [0.2, 0.25) is 11.9 Å². The van der Waals surface area contributed by atoms with Crippen molar-refractivity contribution in [1.29, 1.82) is 0 Å². The Morgan fingerprint density at radius 1 is 1.00 bits per heavy atom. The first-order valence-corrected chi connectivity index (χ1v) is 8.02. The zero-order valence-electron chi connectivity index (χ0n) is 12.9. The summed E-state index contributed by atoms with van der Waals surface area (Å²) in [6.07, 6.45) is 7.18. The van der Waals surface area contributed by atoms with Gasteiger partial charge in [-0.15, -0.1) is 0 Å². The van der Waals surface area contributed by atoms with E-state index in [2.05, 4.69) is 27.5 Å². The minimum Gasteiger partial charge on any atom is -0.368 e. The molecule has 0 aromatic heterocycles. The van der Waals surface area contributed by atoms with E-state index < -0.39 is 0 Å². The molecule has 1 aliphatic heterocycles. The van der Waals surface area contributed by atoms with Gasteiger partial charge in [0.25, 0.3) is 0 Å². The van der Waals surface area contributed by atoms with Crippen molar-refractivity contribution < 1.29 is 0 Å². The minimum absolute atomic E-state index is 0.181. The van der Waals surface area contributed by atoms with Crippen molar-refractivity contribution in [2.75, 3.05) is 13.1 Å². The number of rotatable bonds is 2. The normalized spacial score (nSPS) is 20.0. The van der Waals surface area contributed by atoms with E-state index in [-0.39, 0.29) is 5.96 Å². The molecule has 118 valence electrons. The van der Waals surface area contributed by atoms with Gasteiger partial charge < -0.3 is 11.5 Å². The second kappa shape index (κ2) is 6.79. The molecule has 22 heavy (non-hydrogen) atoms. The van der Waals surface area contributed by atoms with Crippen LogP contribution in [0.15, 0.2) is 28.2 Å². The number of benzene rings is 1. The lowest BCUT2D eigenvalue weighted by atomic mass is 9.91. The molecule has 0 saturated carbocycles. The van der Waals surface area contributed by atoms with Crippen LogP contribution in [0, 0.1) is 0 Å². The summed E-state index contributed by atoms with van der Waals surface area (Å²) >= 11 is 0. The largest absolute Gasteiger partial charge is 0.368 e. The van der Waals surface area contributed by atoms with E-state index >= 15 is 0 Å². The van der Waals surface area contributed by atoms with Crippen LogP contribution in [0.2, 0.25) is 0 Å². The monoisotopic (exact) mass is 300 g/mol. The Morgan fingerprint density at radius 2 is 1.73 bits per heavy atom. The first kappa shape index (κ1) is 14.8. The Balaban J connectivity index is 1.67. The van der Waals surface area contributed by atoms with Crippen LogP contribution in [-0.4, -0.2) is 30.0 Å². The third-order valence-corrected chi connectivity index (χ3v) is 4.19. The predicted molar refractivity (Wildman–Crippen MR) is 89.9 cm³/mol. The molecular formula is C16H24N6. The molecule has 0 bridgehead atoms. The molecule has 6 heteroatoms. The lowest BCUT2D eigenvalue weighted by Crippen LogP contribution is -2.45. The van der Waals surface area contributed by atoms with Crippen LogP contribution < -0.4 is 16.9 Å². The Hall–Kier alpha value is -2.08. The number of aliphatic imine (C=N–C) groups is 2. The van der Waals surface area contributed by atoms with Gasteiger partial charge in [0.15, 0.2) is 0 Å². The zero-order valence-corrected chi connectivity index (χ0v) is 12.9. The Morgan fingerprint density at radius 3 is 2.50 bits per heavy atom. The summed E-state index contributed by atoms with van der Waals surface area (Å²) < 4.78 is 0. The zero-order chi connectivity index (χ0) is 15.4. The van der Waals surface area contributed by atoms with Crippen LogP contribution in [0.3, 0.4) is 0 Å². The van der Waals surface area contributed by atoms with E-state index in [1.54, 1.807) is 0 Å². The maximum absolute atomic E-state index is 5.88. The number of nitrogens with zero attached hydrogens (tertiary/aromatic N) is 3. The molecule has 6 nitrogen and oxygen atoms in total. The third kappa shape index (κ3) is 3.76. The molecule has 1 saturated heterocycles. The quantitative estimate of drug-likeness (QED) is 0.569. The lowest BCUT2D eigenvalue weighted by Gasteiger charge is -2.16. The molecule has 0 spiro atoms. The van der Waals surface area contributed by atoms with Gasteiger partial charge in [-0.2, -0.15) is 4.99 Å². The molecule has 2 aliphatic rings. The second-order valence-electron chi connectivity index (χ2n) is 5.93. The number of hydrogen-bond acceptors (Lipinski definition) is 2. The smallest absolute Gasteiger partial charge is 0.223 e. The van der Waals surface area contributed by atoms with Crippen LogP contribution in [0.5, 0.6) is 0 Å². The number of nitrogens with one attached hydrogen (secondary N) is 1.